The van der Waals surface area contributed by atoms with Gasteiger partial charge >= 0.3 is 0 Å². The Balaban J connectivity index is 1.45. The molecule has 0 aromatic heterocycles. The molecular formula is C46H33F5N4S. The second-order valence-corrected chi connectivity index (χ2v) is 13.6. The Morgan fingerprint density at radius 1 is 0.571 bits per heavy atom. The van der Waals surface area contributed by atoms with E-state index in [1.54, 1.807) is 92.7 Å². The van der Waals surface area contributed by atoms with Crippen LogP contribution in [0.25, 0.3) is 11.1 Å². The molecule has 1 aliphatic heterocycles. The number of para-hydroxylation sites is 3. The molecule has 0 atom stereocenters. The van der Waals surface area contributed by atoms with Crippen molar-refractivity contribution in [3.8, 4) is 6.07 Å². The molecule has 56 heavy (non-hydrogen) atoms. The minimum atomic E-state index is -0.702. The number of nitriles is 1. The minimum Gasteiger partial charge on any atom is -0.337 e. The predicted octanol–water partition coefficient (Wildman–Crippen LogP) is 12.9. The fourth-order valence-electron chi connectivity index (χ4n) is 6.80. The molecule has 0 radical (unpaired) electrons. The molecular weight excluding hydrogens is 736 g/mol. The first-order valence-corrected chi connectivity index (χ1v) is 18.7. The number of thioether (sulfide) groups is 1. The topological polar surface area (TPSA) is 42.6 Å². The molecule has 0 N–H and O–H groups in total. The summed E-state index contributed by atoms with van der Waals surface area (Å²) in [5.74, 6) is -3.34. The van der Waals surface area contributed by atoms with Crippen molar-refractivity contribution in [3.05, 3.63) is 196 Å². The lowest BCUT2D eigenvalue weighted by molar-refractivity contribution is 0.580. The zero-order valence-corrected chi connectivity index (χ0v) is 31.1. The summed E-state index contributed by atoms with van der Waals surface area (Å²) in [6.07, 6.45) is 0. The molecule has 6 aromatic rings. The lowest BCUT2D eigenvalue weighted by Gasteiger charge is -2.25. The van der Waals surface area contributed by atoms with Gasteiger partial charge in [0.05, 0.1) is 11.3 Å². The highest BCUT2D eigenvalue weighted by Crippen LogP contribution is 2.51. The van der Waals surface area contributed by atoms with Crippen molar-refractivity contribution in [3.63, 3.8) is 0 Å². The van der Waals surface area contributed by atoms with Crippen LogP contribution >= 0.6 is 11.8 Å². The number of hydrogen-bond donors (Lipinski definition) is 0. The molecule has 0 unspecified atom stereocenters. The van der Waals surface area contributed by atoms with Gasteiger partial charge in [0.2, 0.25) is 0 Å². The summed E-state index contributed by atoms with van der Waals surface area (Å²) in [6.45, 7) is 4.12. The summed E-state index contributed by atoms with van der Waals surface area (Å²) < 4.78 is 75.7. The van der Waals surface area contributed by atoms with Crippen LogP contribution in [0.4, 0.5) is 50.4 Å². The molecule has 0 bridgehead atoms. The molecule has 0 spiro atoms. The Morgan fingerprint density at radius 3 is 1.46 bits per heavy atom. The van der Waals surface area contributed by atoms with Gasteiger partial charge in [-0.2, -0.15) is 5.26 Å². The van der Waals surface area contributed by atoms with E-state index in [-0.39, 0.29) is 35.6 Å². The number of halogens is 5. The van der Waals surface area contributed by atoms with Crippen molar-refractivity contribution in [2.45, 2.75) is 13.8 Å². The Bertz CT molecular complexity index is 2400. The smallest absolute Gasteiger partial charge is 0.149 e. The number of anilines is 4. The summed E-state index contributed by atoms with van der Waals surface area (Å²) in [7, 11) is 0. The predicted molar refractivity (Wildman–Crippen MR) is 217 cm³/mol. The van der Waals surface area contributed by atoms with Crippen LogP contribution in [-0.4, -0.2) is 18.1 Å². The van der Waals surface area contributed by atoms with Gasteiger partial charge in [-0.1, -0.05) is 84.6 Å². The van der Waals surface area contributed by atoms with E-state index in [1.165, 1.54) is 64.0 Å². The number of nitrogens with zero attached hydrogens (tertiary/aromatic N) is 4. The van der Waals surface area contributed by atoms with Crippen LogP contribution in [-0.2, 0) is 0 Å². The van der Waals surface area contributed by atoms with Gasteiger partial charge in [-0.15, -0.1) is 0 Å². The van der Waals surface area contributed by atoms with Crippen molar-refractivity contribution in [2.24, 2.45) is 4.99 Å². The third-order valence-electron chi connectivity index (χ3n) is 9.34. The summed E-state index contributed by atoms with van der Waals surface area (Å²) in [4.78, 5) is 8.43. The fourth-order valence-corrected chi connectivity index (χ4v) is 8.04. The maximum Gasteiger partial charge on any atom is 0.149 e. The first-order valence-electron chi connectivity index (χ1n) is 17.8. The van der Waals surface area contributed by atoms with Gasteiger partial charge in [-0.05, 0) is 91.7 Å². The summed E-state index contributed by atoms with van der Waals surface area (Å²) in [5, 5.41) is 11.0. The van der Waals surface area contributed by atoms with Crippen LogP contribution in [0.3, 0.4) is 0 Å². The number of hydrogen-bond acceptors (Lipinski definition) is 5. The van der Waals surface area contributed by atoms with Crippen LogP contribution in [0.2, 0.25) is 0 Å². The Labute approximate surface area is 326 Å². The Kier molecular flexibility index (Phi) is 11.2. The molecule has 0 saturated carbocycles. The first kappa shape index (κ1) is 37.9. The third kappa shape index (κ3) is 7.33. The molecule has 7 rings (SSSR count). The summed E-state index contributed by atoms with van der Waals surface area (Å²) >= 11 is 1.23. The summed E-state index contributed by atoms with van der Waals surface area (Å²) in [6, 6.07) is 39.3. The summed E-state index contributed by atoms with van der Waals surface area (Å²) in [5.41, 5.74) is 3.93. The van der Waals surface area contributed by atoms with Gasteiger partial charge in [0.25, 0.3) is 0 Å². The quantitative estimate of drug-likeness (QED) is 0.130. The zero-order valence-electron chi connectivity index (χ0n) is 30.3. The average Bonchev–Trinajstić information content (AvgIpc) is 3.56. The highest BCUT2D eigenvalue weighted by Gasteiger charge is 2.33. The van der Waals surface area contributed by atoms with Crippen LogP contribution < -0.4 is 9.80 Å². The number of allylic oxidation sites excluding steroid dienone is 1. The molecule has 0 amide bonds. The molecule has 0 saturated heterocycles. The molecule has 4 nitrogen and oxygen atoms in total. The van der Waals surface area contributed by atoms with E-state index >= 15 is 4.39 Å². The van der Waals surface area contributed by atoms with E-state index in [2.05, 4.69) is 6.07 Å². The number of rotatable bonds is 10. The fraction of sp³-hybridized carbons (Fsp3) is 0.0870. The van der Waals surface area contributed by atoms with Crippen molar-refractivity contribution in [2.75, 3.05) is 22.9 Å². The van der Waals surface area contributed by atoms with Gasteiger partial charge < -0.3 is 9.80 Å². The van der Waals surface area contributed by atoms with E-state index in [4.69, 9.17) is 4.99 Å². The molecule has 10 heteroatoms. The van der Waals surface area contributed by atoms with Gasteiger partial charge in [0, 0.05) is 46.1 Å². The highest BCUT2D eigenvalue weighted by molar-refractivity contribution is 8.19. The maximum atomic E-state index is 15.8. The van der Waals surface area contributed by atoms with Crippen LogP contribution in [0.15, 0.2) is 155 Å². The monoisotopic (exact) mass is 768 g/mol. The normalized spacial score (nSPS) is 13.2. The van der Waals surface area contributed by atoms with E-state index in [0.717, 1.165) is 0 Å². The van der Waals surface area contributed by atoms with Gasteiger partial charge in [-0.3, -0.25) is 0 Å². The van der Waals surface area contributed by atoms with Crippen molar-refractivity contribution in [1.29, 1.82) is 5.26 Å². The van der Waals surface area contributed by atoms with Gasteiger partial charge in [0.15, 0.2) is 0 Å². The van der Waals surface area contributed by atoms with Crippen LogP contribution in [0.5, 0.6) is 0 Å². The molecule has 0 fully saturated rings. The van der Waals surface area contributed by atoms with E-state index in [9.17, 15) is 22.8 Å². The third-order valence-corrected chi connectivity index (χ3v) is 10.4. The average molecular weight is 769 g/mol. The van der Waals surface area contributed by atoms with Crippen molar-refractivity contribution in [1.82, 2.24) is 0 Å². The molecule has 1 heterocycles. The lowest BCUT2D eigenvalue weighted by atomic mass is 9.91. The molecule has 278 valence electrons. The molecule has 1 aliphatic rings. The first-order chi connectivity index (χ1) is 27.2. The maximum absolute atomic E-state index is 15.8. The standard InChI is InChI=1S/C46H33F5N4S/c1-3-54(43-37(48)16-10-17-38(43)49)32-24-20-29(21-25-32)41(30-22-26-33(27-23-30)55(4-2)44-39(50)18-11-19-40(44)51)45-42(34-14-8-9-15-36(34)47)35(28-52)46(56-45)53-31-12-6-5-7-13-31/h5-27H,3-4H2,1-2H3. The number of aliphatic imine (C=N–C) groups is 1. The van der Waals surface area contributed by atoms with E-state index < -0.39 is 29.1 Å². The minimum absolute atomic E-state index is 0.180. The Hall–Kier alpha value is -6.44. The van der Waals surface area contributed by atoms with Gasteiger partial charge in [-0.25, -0.2) is 26.9 Å². The molecule has 0 aliphatic carbocycles. The zero-order chi connectivity index (χ0) is 39.3. The van der Waals surface area contributed by atoms with E-state index in [1.807, 2.05) is 18.2 Å². The van der Waals surface area contributed by atoms with Crippen LogP contribution in [0, 0.1) is 40.4 Å². The van der Waals surface area contributed by atoms with Crippen LogP contribution in [0.1, 0.15) is 30.5 Å². The second-order valence-electron chi connectivity index (χ2n) is 12.6. The largest absolute Gasteiger partial charge is 0.337 e. The molecule has 6 aromatic carbocycles. The lowest BCUT2D eigenvalue weighted by Crippen LogP contribution is -2.19. The van der Waals surface area contributed by atoms with Crippen molar-refractivity contribution >= 4 is 56.4 Å². The van der Waals surface area contributed by atoms with E-state index in [0.29, 0.717) is 49.3 Å². The van der Waals surface area contributed by atoms with Crippen molar-refractivity contribution < 1.29 is 22.0 Å². The second kappa shape index (κ2) is 16.5. The SMILES string of the molecule is CCN(c1ccc(C(=C2SC(=Nc3ccccc3)C(C#N)=C2c2ccccc2F)c2ccc(N(CC)c3c(F)cccc3F)cc2)cc1)c1c(F)cccc1F. The highest BCUT2D eigenvalue weighted by atomic mass is 32.2. The Morgan fingerprint density at radius 2 is 1.02 bits per heavy atom. The van der Waals surface area contributed by atoms with Gasteiger partial charge in [0.1, 0.15) is 51.6 Å². The number of benzene rings is 6.